The van der Waals surface area contributed by atoms with Crippen molar-refractivity contribution in [2.45, 2.75) is 53.4 Å². The van der Waals surface area contributed by atoms with Crippen LogP contribution in [0.5, 0.6) is 0 Å². The Morgan fingerprint density at radius 1 is 0.958 bits per heavy atom. The molecule has 0 aromatic carbocycles. The minimum absolute atomic E-state index is 0.000536. The molecule has 1 saturated carbocycles. The van der Waals surface area contributed by atoms with E-state index >= 15 is 0 Å². The number of carbonyl (C=O) groups excluding carboxylic acids is 2. The van der Waals surface area contributed by atoms with Gasteiger partial charge in [0.1, 0.15) is 0 Å². The molecule has 0 spiro atoms. The van der Waals surface area contributed by atoms with Crippen molar-refractivity contribution in [2.24, 2.45) is 17.3 Å². The standard InChI is InChI=1S/C20H31O4/c1-14(2)18(21)23-12-16(5)20(10-8-7-9-11-20)17(6)13-24-19(22)15(3)4/h7,16-17H,1,3,8-13H2,2,4-6H3. The lowest BCUT2D eigenvalue weighted by Gasteiger charge is -2.46. The second-order valence-electron chi connectivity index (χ2n) is 7.16. The second-order valence-corrected chi connectivity index (χ2v) is 7.16. The van der Waals surface area contributed by atoms with Crippen molar-refractivity contribution in [2.75, 3.05) is 13.2 Å². The lowest BCUT2D eigenvalue weighted by Crippen LogP contribution is -2.42. The van der Waals surface area contributed by atoms with Gasteiger partial charge in [0.25, 0.3) is 0 Å². The summed E-state index contributed by atoms with van der Waals surface area (Å²) >= 11 is 0. The number of esters is 2. The zero-order valence-electron chi connectivity index (χ0n) is 15.5. The summed E-state index contributed by atoms with van der Waals surface area (Å²) in [6, 6.07) is 0. The van der Waals surface area contributed by atoms with Gasteiger partial charge in [-0.3, -0.25) is 0 Å². The monoisotopic (exact) mass is 335 g/mol. The molecule has 2 unspecified atom stereocenters. The Morgan fingerprint density at radius 2 is 1.33 bits per heavy atom. The molecule has 1 fully saturated rings. The second kappa shape index (κ2) is 9.05. The van der Waals surface area contributed by atoms with E-state index in [2.05, 4.69) is 33.4 Å². The van der Waals surface area contributed by atoms with E-state index in [9.17, 15) is 9.59 Å². The Morgan fingerprint density at radius 3 is 1.67 bits per heavy atom. The van der Waals surface area contributed by atoms with E-state index in [1.54, 1.807) is 13.8 Å². The molecule has 135 valence electrons. The Bertz CT molecular complexity index is 448. The number of ether oxygens (including phenoxy) is 2. The van der Waals surface area contributed by atoms with Crippen molar-refractivity contribution in [3.8, 4) is 0 Å². The first-order valence-corrected chi connectivity index (χ1v) is 8.67. The van der Waals surface area contributed by atoms with Crippen LogP contribution in [0.25, 0.3) is 0 Å². The van der Waals surface area contributed by atoms with Crippen LogP contribution in [-0.4, -0.2) is 25.2 Å². The van der Waals surface area contributed by atoms with E-state index in [1.807, 2.05) is 0 Å². The van der Waals surface area contributed by atoms with Crippen LogP contribution in [0.2, 0.25) is 0 Å². The predicted octanol–water partition coefficient (Wildman–Crippen LogP) is 4.26. The van der Waals surface area contributed by atoms with Gasteiger partial charge in [-0.1, -0.05) is 27.0 Å². The van der Waals surface area contributed by atoms with Crippen molar-refractivity contribution in [1.29, 1.82) is 0 Å². The Balaban J connectivity index is 2.76. The molecular formula is C20H31O4. The normalized spacial score (nSPS) is 19.0. The van der Waals surface area contributed by atoms with Crippen LogP contribution in [0.4, 0.5) is 0 Å². The van der Waals surface area contributed by atoms with Crippen LogP contribution in [0, 0.1) is 23.7 Å². The third kappa shape index (κ3) is 5.22. The van der Waals surface area contributed by atoms with Gasteiger partial charge in [0.15, 0.2) is 0 Å². The molecule has 0 aliphatic heterocycles. The number of rotatable bonds is 8. The third-order valence-electron chi connectivity index (χ3n) is 5.22. The van der Waals surface area contributed by atoms with Gasteiger partial charge in [0.05, 0.1) is 13.2 Å². The smallest absolute Gasteiger partial charge is 0.333 e. The Hall–Kier alpha value is -1.58. The van der Waals surface area contributed by atoms with Gasteiger partial charge in [-0.25, -0.2) is 9.59 Å². The van der Waals surface area contributed by atoms with Crippen molar-refractivity contribution < 1.29 is 19.1 Å². The first kappa shape index (κ1) is 20.5. The summed E-state index contributed by atoms with van der Waals surface area (Å²) in [6.07, 6.45) is 6.42. The summed E-state index contributed by atoms with van der Waals surface area (Å²) < 4.78 is 10.8. The predicted molar refractivity (Wildman–Crippen MR) is 95.1 cm³/mol. The SMILES string of the molecule is C=C(C)C(=O)OCC(C)C1(C(C)COC(=O)C(=C)C)CC[CH]CC1. The number of hydrogen-bond donors (Lipinski definition) is 0. The van der Waals surface area contributed by atoms with Crippen LogP contribution in [-0.2, 0) is 19.1 Å². The van der Waals surface area contributed by atoms with E-state index in [1.165, 1.54) is 0 Å². The highest BCUT2D eigenvalue weighted by Crippen LogP contribution is 2.48. The molecule has 1 rings (SSSR count). The molecule has 4 heteroatoms. The topological polar surface area (TPSA) is 52.6 Å². The molecule has 4 nitrogen and oxygen atoms in total. The van der Waals surface area contributed by atoms with Gasteiger partial charge in [-0.05, 0) is 63.2 Å². The minimum atomic E-state index is -0.347. The van der Waals surface area contributed by atoms with Crippen molar-refractivity contribution >= 4 is 11.9 Å². The maximum absolute atomic E-state index is 11.7. The fraction of sp³-hybridized carbons (Fsp3) is 0.650. The first-order valence-electron chi connectivity index (χ1n) is 8.67. The Kier molecular flexibility index (Phi) is 7.71. The van der Waals surface area contributed by atoms with E-state index in [0.717, 1.165) is 25.7 Å². The van der Waals surface area contributed by atoms with E-state index in [0.29, 0.717) is 24.4 Å². The van der Waals surface area contributed by atoms with Crippen LogP contribution in [0.1, 0.15) is 53.4 Å². The van der Waals surface area contributed by atoms with E-state index in [4.69, 9.17) is 9.47 Å². The van der Waals surface area contributed by atoms with Gasteiger partial charge in [-0.2, -0.15) is 0 Å². The molecule has 0 amide bonds. The molecule has 0 aromatic heterocycles. The van der Waals surface area contributed by atoms with Crippen LogP contribution in [0.3, 0.4) is 0 Å². The molecule has 1 aliphatic rings. The van der Waals surface area contributed by atoms with E-state index in [-0.39, 0.29) is 29.2 Å². The average molecular weight is 335 g/mol. The highest BCUT2D eigenvalue weighted by Gasteiger charge is 2.43. The van der Waals surface area contributed by atoms with Gasteiger partial charge < -0.3 is 9.47 Å². The summed E-state index contributed by atoms with van der Waals surface area (Å²) in [6.45, 7) is 15.5. The Labute approximate surface area is 146 Å². The summed E-state index contributed by atoms with van der Waals surface area (Å²) in [5, 5.41) is 0. The van der Waals surface area contributed by atoms with Crippen molar-refractivity contribution in [3.05, 3.63) is 30.7 Å². The van der Waals surface area contributed by atoms with Crippen molar-refractivity contribution in [3.63, 3.8) is 0 Å². The summed E-state index contributed by atoms with van der Waals surface area (Å²) in [4.78, 5) is 23.4. The molecule has 0 N–H and O–H groups in total. The highest BCUT2D eigenvalue weighted by atomic mass is 16.5. The van der Waals surface area contributed by atoms with Gasteiger partial charge in [0, 0.05) is 11.1 Å². The maximum atomic E-state index is 11.7. The summed E-state index contributed by atoms with van der Waals surface area (Å²) in [7, 11) is 0. The fourth-order valence-corrected chi connectivity index (χ4v) is 3.46. The van der Waals surface area contributed by atoms with Crippen LogP contribution < -0.4 is 0 Å². The molecular weight excluding hydrogens is 304 g/mol. The van der Waals surface area contributed by atoms with Gasteiger partial charge in [0.2, 0.25) is 0 Å². The molecule has 1 radical (unpaired) electrons. The number of carbonyl (C=O) groups is 2. The molecule has 0 aromatic rings. The molecule has 0 heterocycles. The molecule has 2 atom stereocenters. The van der Waals surface area contributed by atoms with Gasteiger partial charge in [-0.15, -0.1) is 0 Å². The lowest BCUT2D eigenvalue weighted by atomic mass is 9.60. The summed E-state index contributed by atoms with van der Waals surface area (Å²) in [5.41, 5.74) is 0.827. The zero-order chi connectivity index (χ0) is 18.3. The number of hydrogen-bond acceptors (Lipinski definition) is 4. The highest BCUT2D eigenvalue weighted by molar-refractivity contribution is 5.87. The first-order chi connectivity index (χ1) is 11.2. The largest absolute Gasteiger partial charge is 0.462 e. The maximum Gasteiger partial charge on any atom is 0.333 e. The van der Waals surface area contributed by atoms with Crippen LogP contribution in [0.15, 0.2) is 24.3 Å². The molecule has 1 aliphatic carbocycles. The van der Waals surface area contributed by atoms with Crippen molar-refractivity contribution in [1.82, 2.24) is 0 Å². The minimum Gasteiger partial charge on any atom is -0.462 e. The molecule has 0 saturated heterocycles. The quantitative estimate of drug-likeness (QED) is 0.491. The molecule has 24 heavy (non-hydrogen) atoms. The lowest BCUT2D eigenvalue weighted by molar-refractivity contribution is -0.145. The zero-order valence-corrected chi connectivity index (χ0v) is 15.5. The summed E-state index contributed by atoms with van der Waals surface area (Å²) in [5.74, 6) is -0.317. The van der Waals surface area contributed by atoms with Crippen LogP contribution >= 0.6 is 0 Å². The van der Waals surface area contributed by atoms with Gasteiger partial charge >= 0.3 is 11.9 Å². The fourth-order valence-electron chi connectivity index (χ4n) is 3.46. The molecule has 0 bridgehead atoms. The average Bonchev–Trinajstić information content (AvgIpc) is 2.56. The van der Waals surface area contributed by atoms with E-state index < -0.39 is 0 Å². The third-order valence-corrected chi connectivity index (χ3v) is 5.22.